The van der Waals surface area contributed by atoms with Crippen LogP contribution in [0, 0.1) is 5.82 Å². The number of nitrogens with zero attached hydrogens (tertiary/aromatic N) is 1. The highest BCUT2D eigenvalue weighted by Gasteiger charge is 2.31. The van der Waals surface area contributed by atoms with E-state index in [1.54, 1.807) is 12.3 Å². The summed E-state index contributed by atoms with van der Waals surface area (Å²) in [5, 5.41) is 0. The molecular formula is C15H14FNO2. The van der Waals surface area contributed by atoms with Crippen molar-refractivity contribution in [2.45, 2.75) is 25.4 Å². The number of benzene rings is 1. The summed E-state index contributed by atoms with van der Waals surface area (Å²) < 4.78 is 18.6. The molecule has 1 saturated carbocycles. The fraction of sp³-hybridized carbons (Fsp3) is 0.267. The molecule has 0 unspecified atom stereocenters. The van der Waals surface area contributed by atoms with E-state index in [1.807, 2.05) is 12.1 Å². The van der Waals surface area contributed by atoms with Gasteiger partial charge in [0.1, 0.15) is 11.6 Å². The Hall–Kier alpha value is -2.10. The highest BCUT2D eigenvalue weighted by molar-refractivity contribution is 5.84. The topological polar surface area (TPSA) is 33.5 Å². The third-order valence-corrected chi connectivity index (χ3v) is 3.32. The van der Waals surface area contributed by atoms with Crippen LogP contribution in [0.5, 0.6) is 0 Å². The zero-order valence-electron chi connectivity index (χ0n) is 10.4. The van der Waals surface area contributed by atoms with Crippen LogP contribution in [-0.2, 0) is 6.54 Å². The SMILES string of the molecule is O=Cc1cc(F)ccc1N(Cc1ccco1)C1CC1. The summed E-state index contributed by atoms with van der Waals surface area (Å²) in [4.78, 5) is 13.2. The molecule has 1 aliphatic rings. The number of carbonyl (C=O) groups is 1. The largest absolute Gasteiger partial charge is 0.467 e. The molecule has 0 aliphatic heterocycles. The van der Waals surface area contributed by atoms with Crippen LogP contribution in [-0.4, -0.2) is 12.3 Å². The van der Waals surface area contributed by atoms with Gasteiger partial charge in [0.15, 0.2) is 6.29 Å². The van der Waals surface area contributed by atoms with E-state index in [0.29, 0.717) is 24.4 Å². The Morgan fingerprint density at radius 1 is 1.37 bits per heavy atom. The third-order valence-electron chi connectivity index (χ3n) is 3.32. The van der Waals surface area contributed by atoms with Crippen LogP contribution in [0.25, 0.3) is 0 Å². The molecule has 2 aromatic rings. The lowest BCUT2D eigenvalue weighted by atomic mass is 10.1. The van der Waals surface area contributed by atoms with Crippen LogP contribution in [0.15, 0.2) is 41.0 Å². The van der Waals surface area contributed by atoms with Crippen molar-refractivity contribution in [2.24, 2.45) is 0 Å². The molecule has 3 nitrogen and oxygen atoms in total. The molecular weight excluding hydrogens is 245 g/mol. The minimum absolute atomic E-state index is 0.387. The lowest BCUT2D eigenvalue weighted by Crippen LogP contribution is -2.26. The summed E-state index contributed by atoms with van der Waals surface area (Å²) in [6, 6.07) is 8.49. The molecule has 0 N–H and O–H groups in total. The summed E-state index contributed by atoms with van der Waals surface area (Å²) in [5.41, 5.74) is 1.16. The van der Waals surface area contributed by atoms with Crippen LogP contribution >= 0.6 is 0 Å². The van der Waals surface area contributed by atoms with Crippen molar-refractivity contribution < 1.29 is 13.6 Å². The van der Waals surface area contributed by atoms with Crippen molar-refractivity contribution in [3.05, 3.63) is 53.7 Å². The minimum Gasteiger partial charge on any atom is -0.467 e. The maximum atomic E-state index is 13.2. The van der Waals surface area contributed by atoms with Crippen molar-refractivity contribution >= 4 is 12.0 Å². The summed E-state index contributed by atoms with van der Waals surface area (Å²) in [5.74, 6) is 0.452. The number of anilines is 1. The van der Waals surface area contributed by atoms with Gasteiger partial charge in [-0.05, 0) is 43.2 Å². The first-order chi connectivity index (χ1) is 9.28. The predicted octanol–water partition coefficient (Wildman–Crippen LogP) is 3.40. The van der Waals surface area contributed by atoms with E-state index in [2.05, 4.69) is 4.90 Å². The van der Waals surface area contributed by atoms with Gasteiger partial charge < -0.3 is 9.32 Å². The molecule has 1 heterocycles. The molecule has 0 bridgehead atoms. The van der Waals surface area contributed by atoms with E-state index in [1.165, 1.54) is 12.1 Å². The van der Waals surface area contributed by atoms with Crippen LogP contribution in [0.3, 0.4) is 0 Å². The fourth-order valence-corrected chi connectivity index (χ4v) is 2.25. The van der Waals surface area contributed by atoms with E-state index in [4.69, 9.17) is 4.42 Å². The van der Waals surface area contributed by atoms with Gasteiger partial charge in [-0.1, -0.05) is 0 Å². The Balaban J connectivity index is 1.93. The van der Waals surface area contributed by atoms with Crippen molar-refractivity contribution in [1.29, 1.82) is 0 Å². The first-order valence-electron chi connectivity index (χ1n) is 6.31. The predicted molar refractivity (Wildman–Crippen MR) is 69.7 cm³/mol. The number of hydrogen-bond acceptors (Lipinski definition) is 3. The number of carbonyl (C=O) groups excluding carboxylic acids is 1. The van der Waals surface area contributed by atoms with Gasteiger partial charge in [0.25, 0.3) is 0 Å². The average molecular weight is 259 g/mol. The summed E-state index contributed by atoms with van der Waals surface area (Å²) in [7, 11) is 0. The van der Waals surface area contributed by atoms with Crippen molar-refractivity contribution in [1.82, 2.24) is 0 Å². The number of aldehydes is 1. The van der Waals surface area contributed by atoms with Gasteiger partial charge in [0, 0.05) is 17.3 Å². The van der Waals surface area contributed by atoms with Crippen molar-refractivity contribution in [2.75, 3.05) is 4.90 Å². The molecule has 0 amide bonds. The van der Waals surface area contributed by atoms with E-state index >= 15 is 0 Å². The standard InChI is InChI=1S/C15H14FNO2/c16-12-3-6-15(11(8-12)10-18)17(13-4-5-13)9-14-2-1-7-19-14/h1-3,6-8,10,13H,4-5,9H2. The second-order valence-electron chi connectivity index (χ2n) is 4.76. The molecule has 1 fully saturated rings. The summed E-state index contributed by atoms with van der Waals surface area (Å²) in [6.45, 7) is 0.601. The van der Waals surface area contributed by atoms with Crippen LogP contribution in [0.1, 0.15) is 29.0 Å². The molecule has 98 valence electrons. The van der Waals surface area contributed by atoms with E-state index in [-0.39, 0.29) is 5.82 Å². The average Bonchev–Trinajstić information content (AvgIpc) is 3.13. The van der Waals surface area contributed by atoms with Gasteiger partial charge in [0.2, 0.25) is 0 Å². The summed E-state index contributed by atoms with van der Waals surface area (Å²) >= 11 is 0. The maximum Gasteiger partial charge on any atom is 0.152 e. The van der Waals surface area contributed by atoms with Crippen LogP contribution in [0.4, 0.5) is 10.1 Å². The quantitative estimate of drug-likeness (QED) is 0.772. The molecule has 0 saturated heterocycles. The lowest BCUT2D eigenvalue weighted by molar-refractivity contribution is 0.112. The molecule has 0 radical (unpaired) electrons. The zero-order valence-corrected chi connectivity index (χ0v) is 10.4. The third kappa shape index (κ3) is 2.52. The molecule has 0 atom stereocenters. The van der Waals surface area contributed by atoms with Gasteiger partial charge in [0.05, 0.1) is 12.8 Å². The maximum absolute atomic E-state index is 13.2. The lowest BCUT2D eigenvalue weighted by Gasteiger charge is -2.25. The van der Waals surface area contributed by atoms with Gasteiger partial charge in [-0.15, -0.1) is 0 Å². The molecule has 1 aromatic heterocycles. The van der Waals surface area contributed by atoms with Crippen molar-refractivity contribution in [3.8, 4) is 0 Å². The number of rotatable bonds is 5. The zero-order chi connectivity index (χ0) is 13.2. The van der Waals surface area contributed by atoms with Crippen LogP contribution < -0.4 is 4.90 Å². The Bertz CT molecular complexity index is 576. The van der Waals surface area contributed by atoms with Crippen molar-refractivity contribution in [3.63, 3.8) is 0 Å². The van der Waals surface area contributed by atoms with E-state index in [0.717, 1.165) is 24.3 Å². The highest BCUT2D eigenvalue weighted by Crippen LogP contribution is 2.34. The monoisotopic (exact) mass is 259 g/mol. The molecule has 19 heavy (non-hydrogen) atoms. The summed E-state index contributed by atoms with van der Waals surface area (Å²) in [6.07, 6.45) is 4.52. The van der Waals surface area contributed by atoms with Gasteiger partial charge in [-0.2, -0.15) is 0 Å². The molecule has 0 spiro atoms. The van der Waals surface area contributed by atoms with Gasteiger partial charge in [-0.25, -0.2) is 4.39 Å². The molecule has 4 heteroatoms. The highest BCUT2D eigenvalue weighted by atomic mass is 19.1. The molecule has 1 aromatic carbocycles. The molecule has 3 rings (SSSR count). The Kier molecular flexibility index (Phi) is 3.07. The first kappa shape index (κ1) is 12.0. The Morgan fingerprint density at radius 2 is 2.21 bits per heavy atom. The van der Waals surface area contributed by atoms with Gasteiger partial charge in [-0.3, -0.25) is 4.79 Å². The number of hydrogen-bond donors (Lipinski definition) is 0. The van der Waals surface area contributed by atoms with Crippen LogP contribution in [0.2, 0.25) is 0 Å². The van der Waals surface area contributed by atoms with Gasteiger partial charge >= 0.3 is 0 Å². The molecule has 1 aliphatic carbocycles. The normalized spacial score (nSPS) is 14.4. The first-order valence-corrected chi connectivity index (χ1v) is 6.31. The number of halogens is 1. The second-order valence-corrected chi connectivity index (χ2v) is 4.76. The Morgan fingerprint density at radius 3 is 2.84 bits per heavy atom. The minimum atomic E-state index is -0.389. The fourth-order valence-electron chi connectivity index (χ4n) is 2.25. The second kappa shape index (κ2) is 4.88. The number of furan rings is 1. The smallest absolute Gasteiger partial charge is 0.152 e. The van der Waals surface area contributed by atoms with E-state index in [9.17, 15) is 9.18 Å². The van der Waals surface area contributed by atoms with E-state index < -0.39 is 0 Å². The Labute approximate surface area is 110 Å².